The van der Waals surface area contributed by atoms with Crippen LogP contribution >= 0.6 is 23.2 Å². The maximum atomic E-state index is 12.5. The molecule has 9 heteroatoms. The van der Waals surface area contributed by atoms with Crippen LogP contribution in [0.3, 0.4) is 0 Å². The molecule has 1 fully saturated rings. The number of carbonyl (C=O) groups excluding carboxylic acids is 1. The van der Waals surface area contributed by atoms with Crippen LogP contribution in [0.2, 0.25) is 10.0 Å². The average molecular weight is 442 g/mol. The van der Waals surface area contributed by atoms with E-state index < -0.39 is 10.0 Å². The lowest BCUT2D eigenvalue weighted by atomic mass is 10.1. The number of benzene rings is 2. The Morgan fingerprint density at radius 3 is 2.32 bits per heavy atom. The molecule has 3 rings (SSSR count). The summed E-state index contributed by atoms with van der Waals surface area (Å²) < 4.78 is 27.7. The van der Waals surface area contributed by atoms with Crippen molar-refractivity contribution in [2.75, 3.05) is 25.0 Å². The summed E-state index contributed by atoms with van der Waals surface area (Å²) in [6.07, 6.45) is 1.26. The largest absolute Gasteiger partial charge is 0.324 e. The van der Waals surface area contributed by atoms with E-state index in [1.165, 1.54) is 12.1 Å². The minimum Gasteiger partial charge on any atom is -0.324 e. The fourth-order valence-electron chi connectivity index (χ4n) is 3.07. The van der Waals surface area contributed by atoms with E-state index in [2.05, 4.69) is 10.0 Å². The van der Waals surface area contributed by atoms with Crippen LogP contribution in [-0.2, 0) is 14.8 Å². The molecule has 1 heterocycles. The van der Waals surface area contributed by atoms with Gasteiger partial charge in [-0.15, -0.1) is 0 Å². The summed E-state index contributed by atoms with van der Waals surface area (Å²) in [6.45, 7) is 1.50. The third kappa shape index (κ3) is 5.68. The van der Waals surface area contributed by atoms with E-state index in [-0.39, 0.29) is 23.4 Å². The third-order valence-electron chi connectivity index (χ3n) is 4.55. The first kappa shape index (κ1) is 21.1. The first-order valence-corrected chi connectivity index (χ1v) is 11.1. The molecule has 2 aromatic rings. The van der Waals surface area contributed by atoms with Crippen LogP contribution < -0.4 is 10.0 Å². The zero-order valence-corrected chi connectivity index (χ0v) is 17.4. The molecule has 1 amide bonds. The first-order valence-electron chi connectivity index (χ1n) is 8.88. The van der Waals surface area contributed by atoms with Crippen molar-refractivity contribution in [2.45, 2.75) is 23.8 Å². The van der Waals surface area contributed by atoms with Crippen molar-refractivity contribution < 1.29 is 13.2 Å². The molecule has 0 radical (unpaired) electrons. The summed E-state index contributed by atoms with van der Waals surface area (Å²) in [4.78, 5) is 14.4. The number of piperidine rings is 1. The lowest BCUT2D eigenvalue weighted by Gasteiger charge is -2.31. The molecule has 1 aliphatic heterocycles. The lowest BCUT2D eigenvalue weighted by molar-refractivity contribution is -0.117. The molecule has 0 saturated carbocycles. The number of nitrogens with one attached hydrogen (secondary N) is 2. The van der Waals surface area contributed by atoms with Crippen molar-refractivity contribution in [2.24, 2.45) is 0 Å². The molecule has 1 saturated heterocycles. The molecule has 2 aromatic carbocycles. The summed E-state index contributed by atoms with van der Waals surface area (Å²) >= 11 is 11.9. The second kappa shape index (κ2) is 9.24. The molecule has 28 heavy (non-hydrogen) atoms. The van der Waals surface area contributed by atoms with Crippen molar-refractivity contribution in [1.82, 2.24) is 9.62 Å². The zero-order valence-electron chi connectivity index (χ0n) is 15.1. The number of hydrogen-bond donors (Lipinski definition) is 2. The van der Waals surface area contributed by atoms with Gasteiger partial charge in [0.1, 0.15) is 0 Å². The van der Waals surface area contributed by atoms with E-state index in [1.807, 2.05) is 4.90 Å². The van der Waals surface area contributed by atoms with Crippen LogP contribution in [0.15, 0.2) is 53.4 Å². The number of para-hydroxylation sites is 1. The van der Waals surface area contributed by atoms with Gasteiger partial charge >= 0.3 is 0 Å². The fraction of sp³-hybridized carbons (Fsp3) is 0.316. The Balaban J connectivity index is 1.48. The Hall–Kier alpha value is -1.64. The highest BCUT2D eigenvalue weighted by Gasteiger charge is 2.25. The molecule has 2 N–H and O–H groups in total. The second-order valence-corrected chi connectivity index (χ2v) is 9.21. The van der Waals surface area contributed by atoms with Gasteiger partial charge in [0.25, 0.3) is 0 Å². The summed E-state index contributed by atoms with van der Waals surface area (Å²) in [7, 11) is -3.58. The van der Waals surface area contributed by atoms with E-state index in [1.54, 1.807) is 36.4 Å². The maximum absolute atomic E-state index is 12.5. The van der Waals surface area contributed by atoms with Gasteiger partial charge in [-0.25, -0.2) is 13.1 Å². The number of rotatable bonds is 6. The molecule has 0 aliphatic carbocycles. The van der Waals surface area contributed by atoms with Gasteiger partial charge in [0.15, 0.2) is 0 Å². The molecule has 0 aromatic heterocycles. The molecule has 0 unspecified atom stereocenters. The molecule has 6 nitrogen and oxygen atoms in total. The molecule has 1 aliphatic rings. The molecule has 0 bridgehead atoms. The smallest absolute Gasteiger partial charge is 0.240 e. The fourth-order valence-corrected chi connectivity index (χ4v) is 4.68. The number of amides is 1. The van der Waals surface area contributed by atoms with E-state index in [9.17, 15) is 13.2 Å². The van der Waals surface area contributed by atoms with Crippen LogP contribution in [0.4, 0.5) is 5.69 Å². The van der Waals surface area contributed by atoms with Crippen molar-refractivity contribution in [3.63, 3.8) is 0 Å². The third-order valence-corrected chi connectivity index (χ3v) is 6.67. The van der Waals surface area contributed by atoms with Crippen LogP contribution in [-0.4, -0.2) is 44.9 Å². The number of halogens is 2. The van der Waals surface area contributed by atoms with Gasteiger partial charge in [0.05, 0.1) is 22.2 Å². The van der Waals surface area contributed by atoms with Gasteiger partial charge in [0.2, 0.25) is 15.9 Å². The Labute approximate surface area is 174 Å². The first-order chi connectivity index (χ1) is 13.3. The minimum absolute atomic E-state index is 0.145. The highest BCUT2D eigenvalue weighted by molar-refractivity contribution is 7.89. The number of anilines is 1. The predicted molar refractivity (Wildman–Crippen MR) is 111 cm³/mol. The van der Waals surface area contributed by atoms with Crippen molar-refractivity contribution in [3.05, 3.63) is 58.6 Å². The lowest BCUT2D eigenvalue weighted by Crippen LogP contribution is -2.46. The second-order valence-electron chi connectivity index (χ2n) is 6.65. The number of carbonyl (C=O) groups is 1. The van der Waals surface area contributed by atoms with Gasteiger partial charge in [-0.3, -0.25) is 9.69 Å². The Bertz CT molecular complexity index is 928. The van der Waals surface area contributed by atoms with Gasteiger partial charge < -0.3 is 5.32 Å². The van der Waals surface area contributed by atoms with Crippen molar-refractivity contribution in [3.8, 4) is 0 Å². The highest BCUT2D eigenvalue weighted by atomic mass is 35.5. The van der Waals surface area contributed by atoms with Gasteiger partial charge in [-0.2, -0.15) is 0 Å². The van der Waals surface area contributed by atoms with Gasteiger partial charge in [-0.05, 0) is 49.2 Å². The van der Waals surface area contributed by atoms with E-state index >= 15 is 0 Å². The summed E-state index contributed by atoms with van der Waals surface area (Å²) in [5, 5.41) is 3.78. The standard InChI is InChI=1S/C19H21Cl2N3O3S/c20-14-5-7-16(8-6-14)28(26,27)23-15-9-11-24(12-10-15)13-19(25)22-18-4-2-1-3-17(18)21/h1-8,15,23H,9-13H2,(H,22,25). The van der Waals surface area contributed by atoms with E-state index in [4.69, 9.17) is 23.2 Å². The summed E-state index contributed by atoms with van der Waals surface area (Å²) in [5.41, 5.74) is 0.583. The molecular weight excluding hydrogens is 421 g/mol. The van der Waals surface area contributed by atoms with Crippen LogP contribution in [0.1, 0.15) is 12.8 Å². The molecule has 0 atom stereocenters. The van der Waals surface area contributed by atoms with Gasteiger partial charge in [0, 0.05) is 24.2 Å². The SMILES string of the molecule is O=C(CN1CCC(NS(=O)(=O)c2ccc(Cl)cc2)CC1)Nc1ccccc1Cl. The summed E-state index contributed by atoms with van der Waals surface area (Å²) in [6, 6.07) is 13.0. The highest BCUT2D eigenvalue weighted by Crippen LogP contribution is 2.21. The summed E-state index contributed by atoms with van der Waals surface area (Å²) in [5.74, 6) is -0.145. The normalized spacial score (nSPS) is 16.1. The molecule has 0 spiro atoms. The van der Waals surface area contributed by atoms with Crippen LogP contribution in [0, 0.1) is 0 Å². The quantitative estimate of drug-likeness (QED) is 0.719. The Morgan fingerprint density at radius 1 is 1.04 bits per heavy atom. The maximum Gasteiger partial charge on any atom is 0.240 e. The Morgan fingerprint density at radius 2 is 1.68 bits per heavy atom. The van der Waals surface area contributed by atoms with Crippen molar-refractivity contribution in [1.29, 1.82) is 0 Å². The monoisotopic (exact) mass is 441 g/mol. The number of sulfonamides is 1. The van der Waals surface area contributed by atoms with E-state index in [0.29, 0.717) is 41.7 Å². The minimum atomic E-state index is -3.58. The molecular formula is C19H21Cl2N3O3S. The molecule has 150 valence electrons. The van der Waals surface area contributed by atoms with E-state index in [0.717, 1.165) is 0 Å². The Kier molecular flexibility index (Phi) is 6.95. The van der Waals surface area contributed by atoms with Crippen LogP contribution in [0.5, 0.6) is 0 Å². The topological polar surface area (TPSA) is 78.5 Å². The zero-order chi connectivity index (χ0) is 20.1. The van der Waals surface area contributed by atoms with Crippen LogP contribution in [0.25, 0.3) is 0 Å². The number of hydrogen-bond acceptors (Lipinski definition) is 4. The number of likely N-dealkylation sites (tertiary alicyclic amines) is 1. The van der Waals surface area contributed by atoms with Gasteiger partial charge in [-0.1, -0.05) is 35.3 Å². The predicted octanol–water partition coefficient (Wildman–Crippen LogP) is 3.37. The average Bonchev–Trinajstić information content (AvgIpc) is 2.65. The number of nitrogens with zero attached hydrogens (tertiary/aromatic N) is 1. The van der Waals surface area contributed by atoms with Crippen molar-refractivity contribution >= 4 is 44.8 Å².